The van der Waals surface area contributed by atoms with Gasteiger partial charge in [-0.2, -0.15) is 0 Å². The van der Waals surface area contributed by atoms with Crippen LogP contribution in [0.1, 0.15) is 43.2 Å². The lowest BCUT2D eigenvalue weighted by Crippen LogP contribution is -2.35. The van der Waals surface area contributed by atoms with Gasteiger partial charge in [0.1, 0.15) is 0 Å². The molecule has 0 bridgehead atoms. The van der Waals surface area contributed by atoms with Crippen LogP contribution in [0.4, 0.5) is 0 Å². The third-order valence-corrected chi connectivity index (χ3v) is 6.05. The van der Waals surface area contributed by atoms with Crippen molar-refractivity contribution in [1.82, 2.24) is 4.90 Å². The summed E-state index contributed by atoms with van der Waals surface area (Å²) in [5, 5.41) is 0. The Kier molecular flexibility index (Phi) is 4.36. The molecular formula is C17H25NO2S. The van der Waals surface area contributed by atoms with Gasteiger partial charge in [-0.1, -0.05) is 25.3 Å². The van der Waals surface area contributed by atoms with Gasteiger partial charge in [0.25, 0.3) is 0 Å². The minimum absolute atomic E-state index is 0.459. The van der Waals surface area contributed by atoms with Crippen LogP contribution in [0.15, 0.2) is 23.1 Å². The van der Waals surface area contributed by atoms with Crippen molar-refractivity contribution in [2.75, 3.05) is 19.3 Å². The molecule has 0 amide bonds. The Bertz CT molecular complexity index is 603. The third-order valence-electron chi connectivity index (χ3n) is 4.94. The number of hydrogen-bond donors (Lipinski definition) is 0. The van der Waals surface area contributed by atoms with Crippen LogP contribution in [0, 0.1) is 5.92 Å². The molecule has 4 heteroatoms. The van der Waals surface area contributed by atoms with E-state index >= 15 is 0 Å². The third kappa shape index (κ3) is 3.67. The highest BCUT2D eigenvalue weighted by atomic mass is 32.2. The molecular weight excluding hydrogens is 282 g/mol. The second-order valence-corrected chi connectivity index (χ2v) is 8.71. The predicted molar refractivity (Wildman–Crippen MR) is 85.1 cm³/mol. The first-order valence-electron chi connectivity index (χ1n) is 8.06. The smallest absolute Gasteiger partial charge is 0.175 e. The lowest BCUT2D eigenvalue weighted by Gasteiger charge is -2.33. The van der Waals surface area contributed by atoms with Gasteiger partial charge in [-0.15, -0.1) is 0 Å². The Balaban J connectivity index is 1.71. The Morgan fingerprint density at radius 3 is 2.62 bits per heavy atom. The first-order chi connectivity index (χ1) is 10.0. The molecule has 3 rings (SSSR count). The summed E-state index contributed by atoms with van der Waals surface area (Å²) in [6.07, 6.45) is 9.24. The zero-order valence-electron chi connectivity index (χ0n) is 12.8. The van der Waals surface area contributed by atoms with Crippen molar-refractivity contribution in [3.63, 3.8) is 0 Å². The summed E-state index contributed by atoms with van der Waals surface area (Å²) in [5.74, 6) is 0.846. The minimum atomic E-state index is -3.10. The molecule has 1 aliphatic carbocycles. The Hall–Kier alpha value is -0.870. The zero-order valence-corrected chi connectivity index (χ0v) is 13.7. The number of benzene rings is 1. The van der Waals surface area contributed by atoms with Gasteiger partial charge in [-0.25, -0.2) is 8.42 Å². The van der Waals surface area contributed by atoms with Crippen LogP contribution in [0.2, 0.25) is 0 Å². The maximum Gasteiger partial charge on any atom is 0.175 e. The molecule has 1 fully saturated rings. The van der Waals surface area contributed by atoms with E-state index in [1.807, 2.05) is 12.1 Å². The van der Waals surface area contributed by atoms with Gasteiger partial charge in [-0.3, -0.25) is 4.90 Å². The largest absolute Gasteiger partial charge is 0.298 e. The second-order valence-electron chi connectivity index (χ2n) is 6.69. The van der Waals surface area contributed by atoms with Crippen molar-refractivity contribution in [1.29, 1.82) is 0 Å². The maximum atomic E-state index is 11.7. The highest BCUT2D eigenvalue weighted by Crippen LogP contribution is 2.27. The Labute approximate surface area is 128 Å². The van der Waals surface area contributed by atoms with E-state index in [1.54, 1.807) is 6.07 Å². The predicted octanol–water partition coefficient (Wildman–Crippen LogP) is 3.03. The van der Waals surface area contributed by atoms with E-state index in [-0.39, 0.29) is 0 Å². The highest BCUT2D eigenvalue weighted by molar-refractivity contribution is 7.90. The Morgan fingerprint density at radius 2 is 1.90 bits per heavy atom. The van der Waals surface area contributed by atoms with E-state index in [4.69, 9.17) is 0 Å². The van der Waals surface area contributed by atoms with E-state index in [0.29, 0.717) is 4.90 Å². The lowest BCUT2D eigenvalue weighted by molar-refractivity contribution is 0.187. The molecule has 1 aromatic carbocycles. The van der Waals surface area contributed by atoms with E-state index in [9.17, 15) is 8.42 Å². The molecule has 3 nitrogen and oxygen atoms in total. The van der Waals surface area contributed by atoms with Crippen LogP contribution in [0.3, 0.4) is 0 Å². The first-order valence-corrected chi connectivity index (χ1v) is 9.96. The zero-order chi connectivity index (χ0) is 14.9. The van der Waals surface area contributed by atoms with Gasteiger partial charge in [0, 0.05) is 25.9 Å². The van der Waals surface area contributed by atoms with E-state index < -0.39 is 9.84 Å². The molecule has 2 aliphatic rings. The summed E-state index contributed by atoms with van der Waals surface area (Å²) >= 11 is 0. The summed E-state index contributed by atoms with van der Waals surface area (Å²) in [6.45, 7) is 3.21. The molecule has 1 heterocycles. The van der Waals surface area contributed by atoms with Gasteiger partial charge in [0.2, 0.25) is 0 Å². The van der Waals surface area contributed by atoms with Crippen LogP contribution in [-0.2, 0) is 22.8 Å². The monoisotopic (exact) mass is 307 g/mol. The van der Waals surface area contributed by atoms with Crippen LogP contribution in [0.5, 0.6) is 0 Å². The van der Waals surface area contributed by atoms with Crippen LogP contribution >= 0.6 is 0 Å². The van der Waals surface area contributed by atoms with Gasteiger partial charge in [0.15, 0.2) is 9.84 Å². The molecule has 116 valence electrons. The molecule has 0 atom stereocenters. The van der Waals surface area contributed by atoms with Gasteiger partial charge >= 0.3 is 0 Å². The van der Waals surface area contributed by atoms with Crippen molar-refractivity contribution < 1.29 is 8.42 Å². The molecule has 0 unspecified atom stereocenters. The fourth-order valence-electron chi connectivity index (χ4n) is 3.71. The van der Waals surface area contributed by atoms with Crippen molar-refractivity contribution >= 4 is 9.84 Å². The molecule has 0 radical (unpaired) electrons. The Morgan fingerprint density at radius 1 is 1.14 bits per heavy atom. The molecule has 0 aromatic heterocycles. The standard InChI is InChI=1S/C17H25NO2S/c1-21(19,20)17-8-7-15-9-10-18(13-16(15)11-17)12-14-5-3-2-4-6-14/h7-8,11,14H,2-6,9-10,12-13H2,1H3. The first kappa shape index (κ1) is 15.0. The number of hydrogen-bond acceptors (Lipinski definition) is 3. The molecule has 0 spiro atoms. The fourth-order valence-corrected chi connectivity index (χ4v) is 4.38. The van der Waals surface area contributed by atoms with Crippen molar-refractivity contribution in [2.45, 2.75) is 50.0 Å². The molecule has 21 heavy (non-hydrogen) atoms. The summed E-state index contributed by atoms with van der Waals surface area (Å²) in [5.41, 5.74) is 2.53. The summed E-state index contributed by atoms with van der Waals surface area (Å²) in [4.78, 5) is 2.98. The quantitative estimate of drug-likeness (QED) is 0.861. The average Bonchev–Trinajstić information content (AvgIpc) is 2.46. The second kappa shape index (κ2) is 6.09. The van der Waals surface area contributed by atoms with Crippen molar-refractivity contribution in [3.05, 3.63) is 29.3 Å². The summed E-state index contributed by atoms with van der Waals surface area (Å²) in [6, 6.07) is 5.65. The number of rotatable bonds is 3. The lowest BCUT2D eigenvalue weighted by atomic mass is 9.88. The van der Waals surface area contributed by atoms with Crippen LogP contribution < -0.4 is 0 Å². The van der Waals surface area contributed by atoms with Crippen molar-refractivity contribution in [3.8, 4) is 0 Å². The van der Waals surface area contributed by atoms with Crippen LogP contribution in [0.25, 0.3) is 0 Å². The molecule has 1 aromatic rings. The van der Waals surface area contributed by atoms with E-state index in [0.717, 1.165) is 25.4 Å². The molecule has 0 saturated heterocycles. The highest BCUT2D eigenvalue weighted by Gasteiger charge is 2.22. The van der Waals surface area contributed by atoms with E-state index in [1.165, 1.54) is 56.0 Å². The van der Waals surface area contributed by atoms with Crippen molar-refractivity contribution in [2.24, 2.45) is 5.92 Å². The molecule has 1 aliphatic heterocycles. The fraction of sp³-hybridized carbons (Fsp3) is 0.647. The van der Waals surface area contributed by atoms with Crippen LogP contribution in [-0.4, -0.2) is 32.7 Å². The molecule has 1 saturated carbocycles. The van der Waals surface area contributed by atoms with Gasteiger partial charge in [-0.05, 0) is 48.4 Å². The van der Waals surface area contributed by atoms with Gasteiger partial charge < -0.3 is 0 Å². The maximum absolute atomic E-state index is 11.7. The van der Waals surface area contributed by atoms with Gasteiger partial charge in [0.05, 0.1) is 4.90 Å². The number of sulfone groups is 1. The number of nitrogens with zero attached hydrogens (tertiary/aromatic N) is 1. The number of fused-ring (bicyclic) bond motifs is 1. The summed E-state index contributed by atoms with van der Waals surface area (Å²) < 4.78 is 23.4. The topological polar surface area (TPSA) is 37.4 Å². The normalized spacial score (nSPS) is 21.2. The molecule has 0 N–H and O–H groups in total. The average molecular weight is 307 g/mol. The SMILES string of the molecule is CS(=O)(=O)c1ccc2c(c1)CN(CC1CCCCC1)CC2. The minimum Gasteiger partial charge on any atom is -0.298 e. The summed E-state index contributed by atoms with van der Waals surface area (Å²) in [7, 11) is -3.10. The van der Waals surface area contributed by atoms with E-state index in [2.05, 4.69) is 4.90 Å².